The smallest absolute Gasteiger partial charge is 0.222 e. The summed E-state index contributed by atoms with van der Waals surface area (Å²) >= 11 is 5.31. The van der Waals surface area contributed by atoms with Crippen LogP contribution in [0, 0.1) is 4.77 Å². The van der Waals surface area contributed by atoms with Gasteiger partial charge in [0.25, 0.3) is 0 Å². The number of benzene rings is 2. The van der Waals surface area contributed by atoms with Gasteiger partial charge >= 0.3 is 0 Å². The summed E-state index contributed by atoms with van der Waals surface area (Å²) in [6.07, 6.45) is 0.242. The first-order valence-electron chi connectivity index (χ1n) is 9.00. The number of ether oxygens (including phenoxy) is 1. The molecule has 0 aliphatic carbocycles. The van der Waals surface area contributed by atoms with Gasteiger partial charge in [0, 0.05) is 30.6 Å². The van der Waals surface area contributed by atoms with Crippen LogP contribution in [-0.4, -0.2) is 32.4 Å². The third-order valence-corrected chi connectivity index (χ3v) is 4.52. The van der Waals surface area contributed by atoms with Crippen LogP contribution in [0.5, 0.6) is 11.5 Å². The van der Waals surface area contributed by atoms with Crippen molar-refractivity contribution in [1.29, 1.82) is 0 Å². The zero-order valence-electron chi connectivity index (χ0n) is 15.5. The van der Waals surface area contributed by atoms with Crippen LogP contribution < -0.4 is 10.1 Å². The summed E-state index contributed by atoms with van der Waals surface area (Å²) in [7, 11) is 0. The van der Waals surface area contributed by atoms with Crippen molar-refractivity contribution in [3.63, 3.8) is 0 Å². The molecule has 1 heterocycles. The van der Waals surface area contributed by atoms with Crippen molar-refractivity contribution in [2.24, 2.45) is 0 Å². The number of nitrogens with one attached hydrogen (secondary N) is 2. The molecule has 2 aromatic carbocycles. The van der Waals surface area contributed by atoms with Crippen LogP contribution in [0.3, 0.4) is 0 Å². The standard InChI is InChI=1S/C20H22N4O3S/c1-2-27-16-9-7-14(8-10-16)19-22-23-20(28)24(19)12-11-18(26)21-13-15-5-3-4-6-17(15)25/h3-10,25H,2,11-13H2,1H3,(H,21,26)(H,23,28). The molecule has 0 bridgehead atoms. The molecule has 1 aromatic heterocycles. The molecule has 3 aromatic rings. The zero-order chi connectivity index (χ0) is 19.9. The number of carbonyl (C=O) groups excluding carboxylic acids is 1. The van der Waals surface area contributed by atoms with Crippen LogP contribution in [0.15, 0.2) is 48.5 Å². The largest absolute Gasteiger partial charge is 0.508 e. The predicted octanol–water partition coefficient (Wildman–Crippen LogP) is 3.42. The third-order valence-electron chi connectivity index (χ3n) is 4.21. The molecule has 146 valence electrons. The summed E-state index contributed by atoms with van der Waals surface area (Å²) in [6, 6.07) is 14.5. The Morgan fingerprint density at radius 3 is 2.71 bits per heavy atom. The Labute approximate surface area is 168 Å². The van der Waals surface area contributed by atoms with Crippen LogP contribution in [0.1, 0.15) is 18.9 Å². The van der Waals surface area contributed by atoms with Crippen LogP contribution in [0.2, 0.25) is 0 Å². The molecular formula is C20H22N4O3S. The number of aromatic amines is 1. The Bertz CT molecular complexity index is 995. The van der Waals surface area contributed by atoms with Crippen molar-refractivity contribution in [3.8, 4) is 22.9 Å². The van der Waals surface area contributed by atoms with Gasteiger partial charge in [-0.1, -0.05) is 18.2 Å². The number of nitrogens with zero attached hydrogens (tertiary/aromatic N) is 2. The predicted molar refractivity (Wildman–Crippen MR) is 109 cm³/mol. The maximum absolute atomic E-state index is 12.2. The van der Waals surface area contributed by atoms with Crippen LogP contribution in [0.4, 0.5) is 0 Å². The number of phenolic OH excluding ortho intramolecular Hbond substituents is 1. The molecule has 0 saturated heterocycles. The number of rotatable bonds is 8. The summed E-state index contributed by atoms with van der Waals surface area (Å²) < 4.78 is 7.71. The Morgan fingerprint density at radius 1 is 1.25 bits per heavy atom. The summed E-state index contributed by atoms with van der Waals surface area (Å²) in [5, 5.41) is 19.6. The monoisotopic (exact) mass is 398 g/mol. The van der Waals surface area contributed by atoms with Crippen molar-refractivity contribution in [3.05, 3.63) is 58.9 Å². The number of hydrogen-bond donors (Lipinski definition) is 3. The number of aromatic hydroxyl groups is 1. The first-order chi connectivity index (χ1) is 13.6. The lowest BCUT2D eigenvalue weighted by Crippen LogP contribution is -2.24. The highest BCUT2D eigenvalue weighted by Gasteiger charge is 2.11. The Morgan fingerprint density at radius 2 is 2.00 bits per heavy atom. The molecule has 0 fully saturated rings. The van der Waals surface area contributed by atoms with Crippen molar-refractivity contribution in [1.82, 2.24) is 20.1 Å². The normalized spacial score (nSPS) is 10.6. The Hall–Kier alpha value is -3.13. The van der Waals surface area contributed by atoms with Gasteiger partial charge in [0.2, 0.25) is 5.91 Å². The molecule has 3 N–H and O–H groups in total. The minimum absolute atomic E-state index is 0.135. The highest BCUT2D eigenvalue weighted by molar-refractivity contribution is 7.71. The van der Waals surface area contributed by atoms with E-state index in [4.69, 9.17) is 17.0 Å². The minimum atomic E-state index is -0.135. The van der Waals surface area contributed by atoms with E-state index in [0.717, 1.165) is 11.3 Å². The van der Waals surface area contributed by atoms with Gasteiger partial charge in [0.15, 0.2) is 10.6 Å². The highest BCUT2D eigenvalue weighted by Crippen LogP contribution is 2.21. The highest BCUT2D eigenvalue weighted by atomic mass is 32.1. The molecule has 28 heavy (non-hydrogen) atoms. The third kappa shape index (κ3) is 4.77. The van der Waals surface area contributed by atoms with Gasteiger partial charge in [0.05, 0.1) is 6.61 Å². The van der Waals surface area contributed by atoms with E-state index in [0.29, 0.717) is 29.3 Å². The second kappa shape index (κ2) is 9.18. The maximum Gasteiger partial charge on any atom is 0.222 e. The van der Waals surface area contributed by atoms with Crippen LogP contribution in [0.25, 0.3) is 11.4 Å². The van der Waals surface area contributed by atoms with E-state index in [-0.39, 0.29) is 24.6 Å². The van der Waals surface area contributed by atoms with E-state index in [1.165, 1.54) is 0 Å². The second-order valence-electron chi connectivity index (χ2n) is 6.12. The summed E-state index contributed by atoms with van der Waals surface area (Å²) in [6.45, 7) is 3.20. The molecule has 0 atom stereocenters. The van der Waals surface area contributed by atoms with E-state index < -0.39 is 0 Å². The minimum Gasteiger partial charge on any atom is -0.508 e. The molecule has 3 rings (SSSR count). The summed E-state index contributed by atoms with van der Waals surface area (Å²) in [5.41, 5.74) is 1.55. The van der Waals surface area contributed by atoms with Crippen molar-refractivity contribution in [2.45, 2.75) is 26.4 Å². The van der Waals surface area contributed by atoms with Gasteiger partial charge in [-0.15, -0.1) is 0 Å². The summed E-state index contributed by atoms with van der Waals surface area (Å²) in [4.78, 5) is 12.2. The van der Waals surface area contributed by atoms with Gasteiger partial charge < -0.3 is 15.2 Å². The van der Waals surface area contributed by atoms with Crippen LogP contribution in [-0.2, 0) is 17.9 Å². The first kappa shape index (κ1) is 19.6. The van der Waals surface area contributed by atoms with E-state index >= 15 is 0 Å². The fourth-order valence-electron chi connectivity index (χ4n) is 2.77. The van der Waals surface area contributed by atoms with Crippen molar-refractivity contribution >= 4 is 18.1 Å². The van der Waals surface area contributed by atoms with Gasteiger partial charge in [-0.25, -0.2) is 0 Å². The number of hydrogen-bond acceptors (Lipinski definition) is 5. The molecule has 0 unspecified atom stereocenters. The molecule has 0 spiro atoms. The van der Waals surface area contributed by atoms with Gasteiger partial charge in [-0.3, -0.25) is 14.5 Å². The number of carbonyl (C=O) groups is 1. The van der Waals surface area contributed by atoms with E-state index in [1.54, 1.807) is 22.8 Å². The number of H-pyrrole nitrogens is 1. The van der Waals surface area contributed by atoms with Crippen molar-refractivity contribution in [2.75, 3.05) is 6.61 Å². The SMILES string of the molecule is CCOc1ccc(-c2n[nH]c(=S)n2CCC(=O)NCc2ccccc2O)cc1. The lowest BCUT2D eigenvalue weighted by atomic mass is 10.2. The molecular weight excluding hydrogens is 376 g/mol. The lowest BCUT2D eigenvalue weighted by Gasteiger charge is -2.09. The van der Waals surface area contributed by atoms with E-state index in [2.05, 4.69) is 15.5 Å². The zero-order valence-corrected chi connectivity index (χ0v) is 16.3. The molecule has 0 saturated carbocycles. The average Bonchev–Trinajstić information content (AvgIpc) is 3.07. The first-order valence-corrected chi connectivity index (χ1v) is 9.41. The molecule has 8 heteroatoms. The average molecular weight is 398 g/mol. The topological polar surface area (TPSA) is 92.2 Å². The Kier molecular flexibility index (Phi) is 6.44. The van der Waals surface area contributed by atoms with Gasteiger partial charge in [-0.05, 0) is 49.5 Å². The maximum atomic E-state index is 12.2. The fraction of sp³-hybridized carbons (Fsp3) is 0.250. The van der Waals surface area contributed by atoms with Gasteiger partial charge in [-0.2, -0.15) is 5.10 Å². The number of amides is 1. The molecule has 7 nitrogen and oxygen atoms in total. The molecule has 1 amide bonds. The lowest BCUT2D eigenvalue weighted by molar-refractivity contribution is -0.121. The van der Waals surface area contributed by atoms with E-state index in [9.17, 15) is 9.90 Å². The number of aromatic nitrogens is 3. The second-order valence-corrected chi connectivity index (χ2v) is 6.50. The number of para-hydroxylation sites is 1. The molecule has 0 aliphatic heterocycles. The van der Waals surface area contributed by atoms with Crippen molar-refractivity contribution < 1.29 is 14.6 Å². The van der Waals surface area contributed by atoms with E-state index in [1.807, 2.05) is 37.3 Å². The molecule has 0 aliphatic rings. The molecule has 0 radical (unpaired) electrons. The quantitative estimate of drug-likeness (QED) is 0.506. The summed E-state index contributed by atoms with van der Waals surface area (Å²) in [5.74, 6) is 1.48. The Balaban J connectivity index is 1.63. The van der Waals surface area contributed by atoms with Gasteiger partial charge in [0.1, 0.15) is 11.5 Å². The van der Waals surface area contributed by atoms with Crippen LogP contribution >= 0.6 is 12.2 Å². The number of phenols is 1. The fourth-order valence-corrected chi connectivity index (χ4v) is 2.99.